The molecule has 0 saturated carbocycles. The van der Waals surface area contributed by atoms with Crippen LogP contribution in [0.3, 0.4) is 0 Å². The van der Waals surface area contributed by atoms with Crippen molar-refractivity contribution in [2.24, 2.45) is 5.92 Å². The number of aliphatic hydroxyl groups excluding tert-OH is 1. The molecule has 1 fully saturated rings. The Morgan fingerprint density at radius 1 is 1.21 bits per heavy atom. The highest BCUT2D eigenvalue weighted by atomic mass is 16.5. The predicted octanol–water partition coefficient (Wildman–Crippen LogP) is 2.33. The fraction of sp³-hybridized carbons (Fsp3) is 0.625. The van der Waals surface area contributed by atoms with Gasteiger partial charge in [0.1, 0.15) is 5.75 Å². The van der Waals surface area contributed by atoms with Crippen molar-refractivity contribution in [1.29, 1.82) is 0 Å². The van der Waals surface area contributed by atoms with Gasteiger partial charge in [0.15, 0.2) is 0 Å². The minimum atomic E-state index is 0.311. The molecule has 1 aromatic rings. The second-order valence-electron chi connectivity index (χ2n) is 5.41. The number of likely N-dealkylation sites (tertiary alicyclic amines) is 1. The molecule has 0 aliphatic carbocycles. The molecule has 0 bridgehead atoms. The maximum absolute atomic E-state index is 8.85. The molecular weight excluding hydrogens is 238 g/mol. The Balaban J connectivity index is 1.75. The Morgan fingerprint density at radius 3 is 2.47 bits per heavy atom. The van der Waals surface area contributed by atoms with Gasteiger partial charge in [-0.15, -0.1) is 0 Å². The van der Waals surface area contributed by atoms with Crippen molar-refractivity contribution in [3.8, 4) is 5.75 Å². The van der Waals surface area contributed by atoms with Gasteiger partial charge in [0.25, 0.3) is 0 Å². The van der Waals surface area contributed by atoms with E-state index in [1.165, 1.54) is 37.9 Å². The van der Waals surface area contributed by atoms with E-state index in [0.29, 0.717) is 6.61 Å². The first-order valence-corrected chi connectivity index (χ1v) is 7.28. The van der Waals surface area contributed by atoms with Crippen molar-refractivity contribution < 1.29 is 9.84 Å². The normalized spacial score (nSPS) is 17.6. The van der Waals surface area contributed by atoms with Crippen LogP contribution >= 0.6 is 0 Å². The molecule has 2 rings (SSSR count). The van der Waals surface area contributed by atoms with Crippen molar-refractivity contribution >= 4 is 0 Å². The summed E-state index contributed by atoms with van der Waals surface area (Å²) in [5.74, 6) is 1.74. The van der Waals surface area contributed by atoms with Crippen molar-refractivity contribution in [3.63, 3.8) is 0 Å². The van der Waals surface area contributed by atoms with Gasteiger partial charge in [-0.05, 0) is 62.4 Å². The molecule has 1 aliphatic rings. The lowest BCUT2D eigenvalue weighted by atomic mass is 9.90. The van der Waals surface area contributed by atoms with Crippen LogP contribution in [-0.4, -0.2) is 43.4 Å². The van der Waals surface area contributed by atoms with E-state index >= 15 is 0 Å². The Morgan fingerprint density at radius 2 is 1.89 bits per heavy atom. The summed E-state index contributed by atoms with van der Waals surface area (Å²) in [6.45, 7) is 3.72. The number of benzene rings is 1. The summed E-state index contributed by atoms with van der Waals surface area (Å²) in [5.41, 5.74) is 1.41. The zero-order chi connectivity index (χ0) is 13.5. The number of rotatable bonds is 6. The van der Waals surface area contributed by atoms with Crippen LogP contribution < -0.4 is 4.74 Å². The van der Waals surface area contributed by atoms with E-state index in [4.69, 9.17) is 9.84 Å². The monoisotopic (exact) mass is 263 g/mol. The zero-order valence-electron chi connectivity index (χ0n) is 11.8. The molecule has 0 amide bonds. The van der Waals surface area contributed by atoms with Gasteiger partial charge in [-0.2, -0.15) is 0 Å². The number of methoxy groups -OCH3 is 1. The van der Waals surface area contributed by atoms with Crippen LogP contribution in [0.15, 0.2) is 24.3 Å². The first kappa shape index (κ1) is 14.4. The molecule has 1 aromatic carbocycles. The summed E-state index contributed by atoms with van der Waals surface area (Å²) < 4.78 is 5.18. The van der Waals surface area contributed by atoms with Crippen molar-refractivity contribution in [2.75, 3.05) is 33.4 Å². The van der Waals surface area contributed by atoms with E-state index < -0.39 is 0 Å². The van der Waals surface area contributed by atoms with Crippen LogP contribution in [0.2, 0.25) is 0 Å². The maximum Gasteiger partial charge on any atom is 0.118 e. The number of hydrogen-bond acceptors (Lipinski definition) is 3. The Kier molecular flexibility index (Phi) is 5.67. The van der Waals surface area contributed by atoms with Gasteiger partial charge in [0, 0.05) is 13.2 Å². The summed E-state index contributed by atoms with van der Waals surface area (Å²) in [6, 6.07) is 8.45. The van der Waals surface area contributed by atoms with Crippen LogP contribution in [0, 0.1) is 5.92 Å². The van der Waals surface area contributed by atoms with Gasteiger partial charge in [0.05, 0.1) is 7.11 Å². The largest absolute Gasteiger partial charge is 0.497 e. The molecule has 0 spiro atoms. The molecule has 0 radical (unpaired) electrons. The Bertz CT molecular complexity index is 356. The lowest BCUT2D eigenvalue weighted by molar-refractivity contribution is 0.167. The molecule has 1 N–H and O–H groups in total. The predicted molar refractivity (Wildman–Crippen MR) is 77.6 cm³/mol. The summed E-state index contributed by atoms with van der Waals surface area (Å²) in [6.07, 6.45) is 4.63. The fourth-order valence-electron chi connectivity index (χ4n) is 2.80. The van der Waals surface area contributed by atoms with Crippen molar-refractivity contribution in [3.05, 3.63) is 29.8 Å². The molecule has 19 heavy (non-hydrogen) atoms. The number of piperidine rings is 1. The third kappa shape index (κ3) is 4.51. The standard InChI is InChI=1S/C16H25NO2/c1-19-16-5-3-14(4-6-16)13-15-7-10-17(11-8-15)9-2-12-18/h3-6,15,18H,2,7-13H2,1H3. The molecule has 106 valence electrons. The number of hydrogen-bond donors (Lipinski definition) is 1. The van der Waals surface area contributed by atoms with Gasteiger partial charge in [-0.25, -0.2) is 0 Å². The third-order valence-corrected chi connectivity index (χ3v) is 4.02. The van der Waals surface area contributed by atoms with Gasteiger partial charge in [-0.1, -0.05) is 12.1 Å². The molecule has 1 saturated heterocycles. The topological polar surface area (TPSA) is 32.7 Å². The Hall–Kier alpha value is -1.06. The van der Waals surface area contributed by atoms with Gasteiger partial charge < -0.3 is 14.7 Å². The van der Waals surface area contributed by atoms with Crippen molar-refractivity contribution in [2.45, 2.75) is 25.7 Å². The van der Waals surface area contributed by atoms with Gasteiger partial charge >= 0.3 is 0 Å². The van der Waals surface area contributed by atoms with E-state index in [1.54, 1.807) is 7.11 Å². The molecule has 1 aliphatic heterocycles. The quantitative estimate of drug-likeness (QED) is 0.855. The first-order chi connectivity index (χ1) is 9.31. The zero-order valence-corrected chi connectivity index (χ0v) is 11.8. The van der Waals surface area contributed by atoms with E-state index in [0.717, 1.165) is 24.6 Å². The average Bonchev–Trinajstić information content (AvgIpc) is 2.47. The van der Waals surface area contributed by atoms with Crippen molar-refractivity contribution in [1.82, 2.24) is 4.90 Å². The SMILES string of the molecule is COc1ccc(CC2CCN(CCCO)CC2)cc1. The Labute approximate surface area is 116 Å². The molecule has 0 atom stereocenters. The highest BCUT2D eigenvalue weighted by molar-refractivity contribution is 5.27. The third-order valence-electron chi connectivity index (χ3n) is 4.02. The molecule has 3 heteroatoms. The van der Waals surface area contributed by atoms with E-state index in [1.807, 2.05) is 12.1 Å². The van der Waals surface area contributed by atoms with Crippen LogP contribution in [0.4, 0.5) is 0 Å². The lowest BCUT2D eigenvalue weighted by Gasteiger charge is -2.31. The molecule has 0 aromatic heterocycles. The molecule has 0 unspecified atom stereocenters. The summed E-state index contributed by atoms with van der Waals surface area (Å²) in [4.78, 5) is 2.47. The second-order valence-corrected chi connectivity index (χ2v) is 5.41. The minimum Gasteiger partial charge on any atom is -0.497 e. The summed E-state index contributed by atoms with van der Waals surface area (Å²) in [7, 11) is 1.71. The summed E-state index contributed by atoms with van der Waals surface area (Å²) in [5, 5.41) is 8.85. The highest BCUT2D eigenvalue weighted by Crippen LogP contribution is 2.22. The number of ether oxygens (including phenoxy) is 1. The lowest BCUT2D eigenvalue weighted by Crippen LogP contribution is -2.35. The molecular formula is C16H25NO2. The van der Waals surface area contributed by atoms with E-state index in [-0.39, 0.29) is 0 Å². The van der Waals surface area contributed by atoms with Gasteiger partial charge in [-0.3, -0.25) is 0 Å². The average molecular weight is 263 g/mol. The molecule has 3 nitrogen and oxygen atoms in total. The van der Waals surface area contributed by atoms with E-state index in [2.05, 4.69) is 17.0 Å². The van der Waals surface area contributed by atoms with Gasteiger partial charge in [0.2, 0.25) is 0 Å². The summed E-state index contributed by atoms with van der Waals surface area (Å²) >= 11 is 0. The van der Waals surface area contributed by atoms with Crippen LogP contribution in [0.1, 0.15) is 24.8 Å². The van der Waals surface area contributed by atoms with E-state index in [9.17, 15) is 0 Å². The smallest absolute Gasteiger partial charge is 0.118 e. The minimum absolute atomic E-state index is 0.311. The maximum atomic E-state index is 8.85. The van der Waals surface area contributed by atoms with Crippen LogP contribution in [0.25, 0.3) is 0 Å². The highest BCUT2D eigenvalue weighted by Gasteiger charge is 2.18. The number of nitrogens with zero attached hydrogens (tertiary/aromatic N) is 1. The first-order valence-electron chi connectivity index (χ1n) is 7.28. The fourth-order valence-corrected chi connectivity index (χ4v) is 2.80. The second kappa shape index (κ2) is 7.51. The number of aliphatic hydroxyl groups is 1. The van der Waals surface area contributed by atoms with Crippen LogP contribution in [0.5, 0.6) is 5.75 Å². The van der Waals surface area contributed by atoms with Crippen LogP contribution in [-0.2, 0) is 6.42 Å². The molecule has 1 heterocycles.